The van der Waals surface area contributed by atoms with Crippen LogP contribution in [0.4, 0.5) is 5.69 Å². The van der Waals surface area contributed by atoms with Gasteiger partial charge in [-0.15, -0.1) is 0 Å². The minimum absolute atomic E-state index is 0.00907. The van der Waals surface area contributed by atoms with Crippen LogP contribution in [0.5, 0.6) is 5.75 Å². The first-order chi connectivity index (χ1) is 18.6. The number of ether oxygens (including phenoxy) is 2. The molecular formula is C33H37NO5. The van der Waals surface area contributed by atoms with Crippen LogP contribution in [0.1, 0.15) is 67.5 Å². The van der Waals surface area contributed by atoms with Crippen molar-refractivity contribution in [2.24, 2.45) is 0 Å². The summed E-state index contributed by atoms with van der Waals surface area (Å²) in [4.78, 5) is 28.2. The van der Waals surface area contributed by atoms with Gasteiger partial charge in [-0.25, -0.2) is 4.79 Å². The molecule has 2 aliphatic heterocycles. The first-order valence-corrected chi connectivity index (χ1v) is 13.8. The number of fused-ring (bicyclic) bond motifs is 2. The van der Waals surface area contributed by atoms with Crippen molar-refractivity contribution in [3.8, 4) is 16.9 Å². The molecule has 3 aromatic rings. The molecule has 0 spiro atoms. The average Bonchev–Trinajstić information content (AvgIpc) is 2.90. The van der Waals surface area contributed by atoms with Gasteiger partial charge in [0.1, 0.15) is 5.75 Å². The van der Waals surface area contributed by atoms with E-state index in [0.29, 0.717) is 31.6 Å². The van der Waals surface area contributed by atoms with Crippen LogP contribution in [-0.2, 0) is 33.6 Å². The molecule has 6 heteroatoms. The molecule has 0 saturated heterocycles. The number of aryl methyl sites for hydroxylation is 2. The molecule has 3 aromatic carbocycles. The lowest BCUT2D eigenvalue weighted by Crippen LogP contribution is -2.38. The molecule has 204 valence electrons. The highest BCUT2D eigenvalue weighted by atomic mass is 16.5. The van der Waals surface area contributed by atoms with Crippen LogP contribution < -0.4 is 9.64 Å². The van der Waals surface area contributed by atoms with Gasteiger partial charge < -0.3 is 19.5 Å². The van der Waals surface area contributed by atoms with E-state index in [9.17, 15) is 14.7 Å². The van der Waals surface area contributed by atoms with Gasteiger partial charge in [0.05, 0.1) is 18.6 Å². The summed E-state index contributed by atoms with van der Waals surface area (Å²) in [5.74, 6) is -0.136. The highest BCUT2D eigenvalue weighted by molar-refractivity contribution is 5.98. The summed E-state index contributed by atoms with van der Waals surface area (Å²) in [5, 5.41) is 10.5. The van der Waals surface area contributed by atoms with Crippen molar-refractivity contribution in [3.63, 3.8) is 0 Å². The monoisotopic (exact) mass is 527 g/mol. The summed E-state index contributed by atoms with van der Waals surface area (Å²) >= 11 is 0. The van der Waals surface area contributed by atoms with Crippen molar-refractivity contribution >= 4 is 17.6 Å². The summed E-state index contributed by atoms with van der Waals surface area (Å²) in [6, 6.07) is 17.9. The zero-order chi connectivity index (χ0) is 27.7. The van der Waals surface area contributed by atoms with Crippen molar-refractivity contribution in [1.82, 2.24) is 0 Å². The largest absolute Gasteiger partial charge is 0.493 e. The Bertz CT molecular complexity index is 1390. The fourth-order valence-corrected chi connectivity index (χ4v) is 5.80. The number of nitrogens with zero attached hydrogens (tertiary/aromatic N) is 1. The minimum atomic E-state index is -1.18. The highest BCUT2D eigenvalue weighted by Gasteiger charge is 2.36. The summed E-state index contributed by atoms with van der Waals surface area (Å²) in [6.45, 7) is 8.93. The molecule has 2 aliphatic rings. The van der Waals surface area contributed by atoms with Crippen molar-refractivity contribution in [2.45, 2.75) is 71.5 Å². The molecule has 1 atom stereocenters. The molecule has 0 saturated carbocycles. The Labute approximate surface area is 230 Å². The Balaban J connectivity index is 1.68. The van der Waals surface area contributed by atoms with Gasteiger partial charge in [0.2, 0.25) is 5.91 Å². The molecule has 2 heterocycles. The van der Waals surface area contributed by atoms with Gasteiger partial charge in [0, 0.05) is 17.8 Å². The number of hydrogen-bond donors (Lipinski definition) is 1. The Morgan fingerprint density at radius 1 is 1.05 bits per heavy atom. The number of carbonyl (C=O) groups excluding carboxylic acids is 1. The lowest BCUT2D eigenvalue weighted by atomic mass is 9.83. The topological polar surface area (TPSA) is 76.1 Å². The lowest BCUT2D eigenvalue weighted by molar-refractivity contribution is -0.160. The predicted molar refractivity (Wildman–Crippen MR) is 152 cm³/mol. The van der Waals surface area contributed by atoms with E-state index in [1.54, 1.807) is 0 Å². The Hall–Kier alpha value is -3.64. The number of amides is 1. The van der Waals surface area contributed by atoms with Gasteiger partial charge in [-0.2, -0.15) is 0 Å². The van der Waals surface area contributed by atoms with E-state index in [1.165, 1.54) is 0 Å². The SMILES string of the molecule is Cc1cc2c(c(C(OC(C)(C)C)C(=O)O)c1-c1ccc3c(c1)CCCO3)CCCN2C(=O)Cc1ccccc1. The maximum Gasteiger partial charge on any atom is 0.337 e. The molecule has 0 aromatic heterocycles. The van der Waals surface area contributed by atoms with Crippen LogP contribution >= 0.6 is 0 Å². The summed E-state index contributed by atoms with van der Waals surface area (Å²) < 4.78 is 12.1. The summed E-state index contributed by atoms with van der Waals surface area (Å²) in [7, 11) is 0. The van der Waals surface area contributed by atoms with Gasteiger partial charge in [0.25, 0.3) is 0 Å². The molecule has 1 amide bonds. The number of aliphatic carboxylic acids is 1. The fourth-order valence-electron chi connectivity index (χ4n) is 5.80. The highest BCUT2D eigenvalue weighted by Crippen LogP contribution is 2.45. The smallest absolute Gasteiger partial charge is 0.337 e. The zero-order valence-electron chi connectivity index (χ0n) is 23.3. The van der Waals surface area contributed by atoms with Crippen LogP contribution in [0.15, 0.2) is 54.6 Å². The van der Waals surface area contributed by atoms with E-state index in [0.717, 1.165) is 64.1 Å². The fraction of sp³-hybridized carbons (Fsp3) is 0.394. The Morgan fingerprint density at radius 2 is 1.82 bits per heavy atom. The number of hydrogen-bond acceptors (Lipinski definition) is 4. The number of carboxylic acids is 1. The van der Waals surface area contributed by atoms with Crippen LogP contribution in [0.25, 0.3) is 11.1 Å². The van der Waals surface area contributed by atoms with Gasteiger partial charge >= 0.3 is 5.97 Å². The number of rotatable bonds is 6. The normalized spacial score (nSPS) is 15.6. The van der Waals surface area contributed by atoms with Crippen molar-refractivity contribution < 1.29 is 24.2 Å². The first kappa shape index (κ1) is 26.9. The lowest BCUT2D eigenvalue weighted by Gasteiger charge is -2.35. The molecule has 0 bridgehead atoms. The van der Waals surface area contributed by atoms with E-state index >= 15 is 0 Å². The van der Waals surface area contributed by atoms with E-state index < -0.39 is 17.7 Å². The molecule has 39 heavy (non-hydrogen) atoms. The van der Waals surface area contributed by atoms with E-state index in [4.69, 9.17) is 9.47 Å². The standard InChI is InChI=1S/C33H37NO5/c1-21-18-26-25(13-8-16-34(26)28(35)19-22-10-6-5-7-11-22)30(31(32(36)37)39-33(2,3)4)29(21)24-14-15-27-23(20-24)12-9-17-38-27/h5-7,10-11,14-15,18,20,31H,8-9,12-13,16-17,19H2,1-4H3,(H,36,37). The quantitative estimate of drug-likeness (QED) is 0.399. The van der Waals surface area contributed by atoms with Gasteiger partial charge in [-0.05, 0) is 105 Å². The molecular weight excluding hydrogens is 490 g/mol. The van der Waals surface area contributed by atoms with Gasteiger partial charge in [-0.3, -0.25) is 4.79 Å². The van der Waals surface area contributed by atoms with Crippen molar-refractivity contribution in [1.29, 1.82) is 0 Å². The molecule has 5 rings (SSSR count). The molecule has 0 aliphatic carbocycles. The third-order valence-corrected chi connectivity index (χ3v) is 7.40. The van der Waals surface area contributed by atoms with Crippen molar-refractivity contribution in [2.75, 3.05) is 18.1 Å². The molecule has 0 radical (unpaired) electrons. The molecule has 0 fully saturated rings. The van der Waals surface area contributed by atoms with E-state index in [1.807, 2.05) is 75.1 Å². The first-order valence-electron chi connectivity index (χ1n) is 13.8. The number of carboxylic acid groups (broad SMARTS) is 1. The van der Waals surface area contributed by atoms with Crippen LogP contribution in [-0.4, -0.2) is 35.7 Å². The van der Waals surface area contributed by atoms with Crippen LogP contribution in [0, 0.1) is 6.92 Å². The maximum absolute atomic E-state index is 13.6. The van der Waals surface area contributed by atoms with Crippen molar-refractivity contribution in [3.05, 3.63) is 82.4 Å². The number of benzene rings is 3. The molecule has 1 unspecified atom stereocenters. The molecule has 1 N–H and O–H groups in total. The second-order valence-electron chi connectivity index (χ2n) is 11.5. The average molecular weight is 528 g/mol. The van der Waals surface area contributed by atoms with Crippen LogP contribution in [0.3, 0.4) is 0 Å². The minimum Gasteiger partial charge on any atom is -0.493 e. The Morgan fingerprint density at radius 3 is 2.54 bits per heavy atom. The summed E-state index contributed by atoms with van der Waals surface area (Å²) in [5.41, 5.74) is 6.48. The Kier molecular flexibility index (Phi) is 7.50. The number of carbonyl (C=O) groups is 2. The second kappa shape index (κ2) is 10.9. The number of anilines is 1. The zero-order valence-corrected chi connectivity index (χ0v) is 23.3. The van der Waals surface area contributed by atoms with Gasteiger partial charge in [0.15, 0.2) is 6.10 Å². The third kappa shape index (κ3) is 5.71. The van der Waals surface area contributed by atoms with E-state index in [2.05, 4.69) is 12.1 Å². The summed E-state index contributed by atoms with van der Waals surface area (Å²) in [6.07, 6.45) is 2.43. The molecule has 6 nitrogen and oxygen atoms in total. The van der Waals surface area contributed by atoms with Gasteiger partial charge in [-0.1, -0.05) is 36.4 Å². The van der Waals surface area contributed by atoms with E-state index in [-0.39, 0.29) is 5.91 Å². The maximum atomic E-state index is 13.6. The third-order valence-electron chi connectivity index (χ3n) is 7.40. The van der Waals surface area contributed by atoms with Crippen LogP contribution in [0.2, 0.25) is 0 Å². The predicted octanol–water partition coefficient (Wildman–Crippen LogP) is 6.45. The second-order valence-corrected chi connectivity index (χ2v) is 11.5.